The quantitative estimate of drug-likeness (QED) is 0.624. The first-order valence-corrected chi connectivity index (χ1v) is 8.02. The van der Waals surface area contributed by atoms with Crippen molar-refractivity contribution in [1.82, 2.24) is 19.2 Å². The SMILES string of the molecule is Cc1ccc2nc(CNc3ccccc3-n3cccn3)cc(=O)n2c1. The molecule has 6 nitrogen and oxygen atoms in total. The van der Waals surface area contributed by atoms with Gasteiger partial charge in [-0.25, -0.2) is 9.67 Å². The molecule has 3 aromatic heterocycles. The van der Waals surface area contributed by atoms with Crippen LogP contribution in [0.3, 0.4) is 0 Å². The molecule has 6 heteroatoms. The van der Waals surface area contributed by atoms with E-state index in [0.29, 0.717) is 17.9 Å². The number of pyridine rings is 1. The van der Waals surface area contributed by atoms with E-state index in [1.54, 1.807) is 27.5 Å². The standard InChI is InChI=1S/C19H17N5O/c1-14-7-8-18-22-15(11-19(25)23(18)13-14)12-20-16-5-2-3-6-17(16)24-10-4-9-21-24/h2-11,13,20H,12H2,1H3. The van der Waals surface area contributed by atoms with Crippen molar-refractivity contribution in [2.75, 3.05) is 5.32 Å². The summed E-state index contributed by atoms with van der Waals surface area (Å²) in [4.78, 5) is 16.9. The fourth-order valence-electron chi connectivity index (χ4n) is 2.77. The Morgan fingerprint density at radius 2 is 2.00 bits per heavy atom. The van der Waals surface area contributed by atoms with Crippen molar-refractivity contribution in [3.63, 3.8) is 0 Å². The third-order valence-corrected chi connectivity index (χ3v) is 3.98. The monoisotopic (exact) mass is 331 g/mol. The molecule has 0 fully saturated rings. The highest BCUT2D eigenvalue weighted by Crippen LogP contribution is 2.19. The zero-order valence-corrected chi connectivity index (χ0v) is 13.8. The number of aromatic nitrogens is 4. The summed E-state index contributed by atoms with van der Waals surface area (Å²) in [7, 11) is 0. The maximum atomic E-state index is 12.3. The largest absolute Gasteiger partial charge is 0.378 e. The molecule has 0 radical (unpaired) electrons. The third kappa shape index (κ3) is 3.01. The van der Waals surface area contributed by atoms with Crippen molar-refractivity contribution in [3.8, 4) is 5.69 Å². The molecular formula is C19H17N5O. The van der Waals surface area contributed by atoms with Crippen LogP contribution in [0.5, 0.6) is 0 Å². The molecule has 25 heavy (non-hydrogen) atoms. The van der Waals surface area contributed by atoms with Crippen LogP contribution in [0.1, 0.15) is 11.3 Å². The van der Waals surface area contributed by atoms with Gasteiger partial charge in [0.1, 0.15) is 5.65 Å². The summed E-state index contributed by atoms with van der Waals surface area (Å²) >= 11 is 0. The van der Waals surface area contributed by atoms with Crippen molar-refractivity contribution in [2.24, 2.45) is 0 Å². The molecule has 0 aliphatic carbocycles. The van der Waals surface area contributed by atoms with Crippen LogP contribution in [0, 0.1) is 6.92 Å². The molecule has 0 spiro atoms. The van der Waals surface area contributed by atoms with Gasteiger partial charge in [-0.3, -0.25) is 9.20 Å². The molecule has 0 atom stereocenters. The Morgan fingerprint density at radius 1 is 1.12 bits per heavy atom. The second-order valence-corrected chi connectivity index (χ2v) is 5.84. The van der Waals surface area contributed by atoms with Gasteiger partial charge in [0, 0.05) is 24.7 Å². The normalized spacial score (nSPS) is 10.9. The minimum absolute atomic E-state index is 0.0779. The fourth-order valence-corrected chi connectivity index (χ4v) is 2.77. The number of hydrogen-bond acceptors (Lipinski definition) is 4. The first kappa shape index (κ1) is 15.1. The number of para-hydroxylation sites is 2. The minimum Gasteiger partial charge on any atom is -0.378 e. The molecule has 0 amide bonds. The van der Waals surface area contributed by atoms with Crippen LogP contribution in [0.4, 0.5) is 5.69 Å². The van der Waals surface area contributed by atoms with Gasteiger partial charge in [-0.15, -0.1) is 0 Å². The summed E-state index contributed by atoms with van der Waals surface area (Å²) in [6.45, 7) is 2.41. The van der Waals surface area contributed by atoms with E-state index in [4.69, 9.17) is 0 Å². The van der Waals surface area contributed by atoms with E-state index < -0.39 is 0 Å². The van der Waals surface area contributed by atoms with Crippen LogP contribution < -0.4 is 10.9 Å². The van der Waals surface area contributed by atoms with E-state index >= 15 is 0 Å². The molecule has 0 bridgehead atoms. The lowest BCUT2D eigenvalue weighted by molar-refractivity contribution is 0.877. The molecule has 0 aliphatic rings. The second kappa shape index (κ2) is 6.24. The zero-order valence-electron chi connectivity index (χ0n) is 13.8. The Morgan fingerprint density at radius 3 is 2.84 bits per heavy atom. The molecule has 4 aromatic rings. The predicted molar refractivity (Wildman–Crippen MR) is 97.1 cm³/mol. The first-order valence-electron chi connectivity index (χ1n) is 8.02. The summed E-state index contributed by atoms with van der Waals surface area (Å²) in [5.41, 5.74) is 4.17. The van der Waals surface area contributed by atoms with Gasteiger partial charge in [-0.1, -0.05) is 18.2 Å². The van der Waals surface area contributed by atoms with Crippen molar-refractivity contribution in [1.29, 1.82) is 0 Å². The van der Waals surface area contributed by atoms with Gasteiger partial charge in [-0.2, -0.15) is 5.10 Å². The van der Waals surface area contributed by atoms with E-state index in [1.807, 2.05) is 55.6 Å². The third-order valence-electron chi connectivity index (χ3n) is 3.98. The van der Waals surface area contributed by atoms with E-state index in [0.717, 1.165) is 16.9 Å². The molecule has 1 N–H and O–H groups in total. The lowest BCUT2D eigenvalue weighted by Gasteiger charge is -2.12. The molecule has 4 rings (SSSR count). The lowest BCUT2D eigenvalue weighted by atomic mass is 10.2. The van der Waals surface area contributed by atoms with Gasteiger partial charge in [-0.05, 0) is 36.8 Å². The van der Waals surface area contributed by atoms with E-state index in [1.165, 1.54) is 0 Å². The van der Waals surface area contributed by atoms with Crippen LogP contribution in [-0.4, -0.2) is 19.2 Å². The van der Waals surface area contributed by atoms with Crippen LogP contribution in [0.15, 0.2) is 71.9 Å². The number of hydrogen-bond donors (Lipinski definition) is 1. The van der Waals surface area contributed by atoms with Gasteiger partial charge >= 0.3 is 0 Å². The first-order chi connectivity index (χ1) is 12.2. The molecule has 1 aromatic carbocycles. The van der Waals surface area contributed by atoms with Crippen molar-refractivity contribution >= 4 is 11.3 Å². The minimum atomic E-state index is -0.0779. The number of fused-ring (bicyclic) bond motifs is 1. The van der Waals surface area contributed by atoms with Gasteiger partial charge in [0.2, 0.25) is 0 Å². The topological polar surface area (TPSA) is 64.2 Å². The van der Waals surface area contributed by atoms with Gasteiger partial charge in [0.25, 0.3) is 5.56 Å². The number of nitrogens with zero attached hydrogens (tertiary/aromatic N) is 4. The van der Waals surface area contributed by atoms with Crippen molar-refractivity contribution in [3.05, 3.63) is 88.7 Å². The zero-order chi connectivity index (χ0) is 17.2. The average Bonchev–Trinajstić information content (AvgIpc) is 3.15. The van der Waals surface area contributed by atoms with Gasteiger partial charge < -0.3 is 5.32 Å². The predicted octanol–water partition coefficient (Wildman–Crippen LogP) is 2.80. The number of aryl methyl sites for hydroxylation is 1. The fraction of sp³-hybridized carbons (Fsp3) is 0.105. The molecule has 0 aliphatic heterocycles. The Hall–Kier alpha value is -3.41. The second-order valence-electron chi connectivity index (χ2n) is 5.84. The molecular weight excluding hydrogens is 314 g/mol. The Kier molecular flexibility index (Phi) is 3.78. The molecule has 3 heterocycles. The highest BCUT2D eigenvalue weighted by molar-refractivity contribution is 5.60. The summed E-state index contributed by atoms with van der Waals surface area (Å²) < 4.78 is 3.37. The summed E-state index contributed by atoms with van der Waals surface area (Å²) in [5, 5.41) is 7.62. The van der Waals surface area contributed by atoms with Crippen LogP contribution >= 0.6 is 0 Å². The highest BCUT2D eigenvalue weighted by atomic mass is 16.1. The van der Waals surface area contributed by atoms with Gasteiger partial charge in [0.05, 0.1) is 23.6 Å². The molecule has 0 saturated carbocycles. The van der Waals surface area contributed by atoms with Crippen LogP contribution in [0.25, 0.3) is 11.3 Å². The maximum absolute atomic E-state index is 12.3. The number of benzene rings is 1. The van der Waals surface area contributed by atoms with E-state index in [9.17, 15) is 4.79 Å². The van der Waals surface area contributed by atoms with Gasteiger partial charge in [0.15, 0.2) is 0 Å². The average molecular weight is 331 g/mol. The number of anilines is 1. The number of rotatable bonds is 4. The van der Waals surface area contributed by atoms with Crippen molar-refractivity contribution in [2.45, 2.75) is 13.5 Å². The summed E-state index contributed by atoms with van der Waals surface area (Å²) in [6.07, 6.45) is 5.43. The highest BCUT2D eigenvalue weighted by Gasteiger charge is 2.06. The molecule has 0 unspecified atom stereocenters. The Bertz CT molecular complexity index is 1080. The lowest BCUT2D eigenvalue weighted by Crippen LogP contribution is -2.17. The Labute approximate surface area is 144 Å². The molecule has 0 saturated heterocycles. The summed E-state index contributed by atoms with van der Waals surface area (Å²) in [6, 6.07) is 15.1. The number of nitrogens with one attached hydrogen (secondary N) is 1. The van der Waals surface area contributed by atoms with Crippen LogP contribution in [-0.2, 0) is 6.54 Å². The summed E-state index contributed by atoms with van der Waals surface area (Å²) in [5.74, 6) is 0. The van der Waals surface area contributed by atoms with E-state index in [-0.39, 0.29) is 5.56 Å². The molecule has 124 valence electrons. The van der Waals surface area contributed by atoms with Crippen molar-refractivity contribution < 1.29 is 0 Å². The van der Waals surface area contributed by atoms with Crippen LogP contribution in [0.2, 0.25) is 0 Å². The smallest absolute Gasteiger partial charge is 0.258 e. The Balaban J connectivity index is 1.63. The maximum Gasteiger partial charge on any atom is 0.258 e. The van der Waals surface area contributed by atoms with E-state index in [2.05, 4.69) is 15.4 Å².